The number of likely N-dealkylation sites (tertiary alicyclic amines) is 1. The summed E-state index contributed by atoms with van der Waals surface area (Å²) in [5.41, 5.74) is 0.645. The van der Waals surface area contributed by atoms with Gasteiger partial charge in [0.05, 0.1) is 11.6 Å². The van der Waals surface area contributed by atoms with Gasteiger partial charge in [-0.15, -0.1) is 0 Å². The van der Waals surface area contributed by atoms with E-state index in [1.165, 1.54) is 4.90 Å². The summed E-state index contributed by atoms with van der Waals surface area (Å²) < 4.78 is 1.54. The molecule has 0 aliphatic carbocycles. The maximum Gasteiger partial charge on any atom is 0.321 e. The van der Waals surface area contributed by atoms with Crippen LogP contribution in [0.1, 0.15) is 6.42 Å². The number of carbonyl (C=O) groups excluding carboxylic acids is 1. The van der Waals surface area contributed by atoms with Gasteiger partial charge in [-0.25, -0.2) is 4.79 Å². The Morgan fingerprint density at radius 1 is 1.32 bits per heavy atom. The number of amides is 2. The first-order valence-corrected chi connectivity index (χ1v) is 7.30. The number of carboxylic acids is 1. The number of halogens is 2. The van der Waals surface area contributed by atoms with Gasteiger partial charge in [-0.3, -0.25) is 4.79 Å². The number of carboxylic acid groups (broad SMARTS) is 1. The van der Waals surface area contributed by atoms with E-state index >= 15 is 0 Å². The molecule has 1 fully saturated rings. The zero-order valence-electron chi connectivity index (χ0n) is 9.90. The summed E-state index contributed by atoms with van der Waals surface area (Å²) in [6.45, 7) is 0.716. The zero-order chi connectivity index (χ0) is 14.0. The predicted molar refractivity (Wildman–Crippen MR) is 78.2 cm³/mol. The molecule has 0 aromatic heterocycles. The summed E-state index contributed by atoms with van der Waals surface area (Å²) in [6.07, 6.45) is 0.500. The Labute approximate surface area is 127 Å². The molecule has 2 N–H and O–H groups in total. The third-order valence-electron chi connectivity index (χ3n) is 3.02. The average Bonchev–Trinajstić information content (AvgIpc) is 2.83. The molecule has 1 unspecified atom stereocenters. The monoisotopic (exact) mass is 390 g/mol. The highest BCUT2D eigenvalue weighted by atomic mass is 79.9. The lowest BCUT2D eigenvalue weighted by Crippen LogP contribution is -2.34. The van der Waals surface area contributed by atoms with Crippen LogP contribution in [0.2, 0.25) is 0 Å². The van der Waals surface area contributed by atoms with Gasteiger partial charge < -0.3 is 15.3 Å². The molecule has 102 valence electrons. The number of urea groups is 1. The lowest BCUT2D eigenvalue weighted by molar-refractivity contribution is -0.141. The van der Waals surface area contributed by atoms with Crippen LogP contribution in [0.3, 0.4) is 0 Å². The van der Waals surface area contributed by atoms with Crippen molar-refractivity contribution in [1.82, 2.24) is 4.90 Å². The van der Waals surface area contributed by atoms with E-state index in [1.807, 2.05) is 18.2 Å². The van der Waals surface area contributed by atoms with Crippen LogP contribution in [0.4, 0.5) is 10.5 Å². The van der Waals surface area contributed by atoms with Gasteiger partial charge in [0.1, 0.15) is 0 Å². The number of nitrogens with one attached hydrogen (secondary N) is 1. The van der Waals surface area contributed by atoms with Gasteiger partial charge in [-0.05, 0) is 50.4 Å². The van der Waals surface area contributed by atoms with Gasteiger partial charge in [0, 0.05) is 22.0 Å². The normalized spacial score (nSPS) is 18.4. The van der Waals surface area contributed by atoms with E-state index in [1.54, 1.807) is 0 Å². The topological polar surface area (TPSA) is 69.6 Å². The molecule has 5 nitrogen and oxygen atoms in total. The number of anilines is 1. The molecule has 0 bridgehead atoms. The summed E-state index contributed by atoms with van der Waals surface area (Å²) in [5.74, 6) is -1.31. The molecule has 0 saturated carbocycles. The Balaban J connectivity index is 2.04. The summed E-state index contributed by atoms with van der Waals surface area (Å²) >= 11 is 6.72. The van der Waals surface area contributed by atoms with Crippen LogP contribution in [-0.4, -0.2) is 35.1 Å². The zero-order valence-corrected chi connectivity index (χ0v) is 13.1. The summed E-state index contributed by atoms with van der Waals surface area (Å²) in [6, 6.07) is 5.21. The van der Waals surface area contributed by atoms with Crippen molar-refractivity contribution in [2.75, 3.05) is 18.4 Å². The standard InChI is InChI=1S/C12H12Br2N2O3/c13-8-2-1-3-9(14)10(8)15-12(19)16-5-4-7(6-16)11(17)18/h1-3,7H,4-6H2,(H,15,19)(H,17,18). The minimum atomic E-state index is -0.850. The minimum absolute atomic E-state index is 0.253. The number of rotatable bonds is 2. The molecule has 1 heterocycles. The van der Waals surface area contributed by atoms with Crippen molar-refractivity contribution in [1.29, 1.82) is 0 Å². The molecule has 1 aromatic carbocycles. The van der Waals surface area contributed by atoms with Crippen molar-refractivity contribution < 1.29 is 14.7 Å². The third kappa shape index (κ3) is 3.27. The first-order valence-electron chi connectivity index (χ1n) is 5.72. The van der Waals surface area contributed by atoms with Crippen LogP contribution < -0.4 is 5.32 Å². The highest BCUT2D eigenvalue weighted by Crippen LogP contribution is 2.31. The molecule has 19 heavy (non-hydrogen) atoms. The van der Waals surface area contributed by atoms with Crippen molar-refractivity contribution in [3.05, 3.63) is 27.1 Å². The number of carbonyl (C=O) groups is 2. The second kappa shape index (κ2) is 5.92. The smallest absolute Gasteiger partial charge is 0.321 e. The summed E-state index contributed by atoms with van der Waals surface area (Å²) in [5, 5.41) is 11.7. The quantitative estimate of drug-likeness (QED) is 0.813. The number of benzene rings is 1. The van der Waals surface area contributed by atoms with Crippen molar-refractivity contribution in [3.63, 3.8) is 0 Å². The fourth-order valence-electron chi connectivity index (χ4n) is 1.95. The van der Waals surface area contributed by atoms with Crippen molar-refractivity contribution in [2.24, 2.45) is 5.92 Å². The van der Waals surface area contributed by atoms with E-state index in [0.717, 1.165) is 8.95 Å². The molecule has 1 aliphatic heterocycles. The van der Waals surface area contributed by atoms with E-state index in [0.29, 0.717) is 18.7 Å². The lowest BCUT2D eigenvalue weighted by Gasteiger charge is -2.18. The van der Waals surface area contributed by atoms with E-state index in [-0.39, 0.29) is 12.6 Å². The fourth-order valence-corrected chi connectivity index (χ4v) is 3.15. The van der Waals surface area contributed by atoms with Crippen molar-refractivity contribution in [3.8, 4) is 0 Å². The Morgan fingerprint density at radius 3 is 2.47 bits per heavy atom. The molecule has 2 rings (SSSR count). The predicted octanol–water partition coefficient (Wildman–Crippen LogP) is 3.15. The number of para-hydroxylation sites is 1. The Kier molecular flexibility index (Phi) is 4.46. The molecular formula is C12H12Br2N2O3. The number of hydrogen-bond acceptors (Lipinski definition) is 2. The van der Waals surface area contributed by atoms with Gasteiger partial charge in [-0.2, -0.15) is 0 Å². The van der Waals surface area contributed by atoms with E-state index < -0.39 is 11.9 Å². The second-order valence-electron chi connectivity index (χ2n) is 4.30. The lowest BCUT2D eigenvalue weighted by atomic mass is 10.1. The molecule has 2 amide bonds. The van der Waals surface area contributed by atoms with Crippen LogP contribution in [0, 0.1) is 5.92 Å². The van der Waals surface area contributed by atoms with Gasteiger partial charge >= 0.3 is 12.0 Å². The number of hydrogen-bond donors (Lipinski definition) is 2. The molecule has 1 saturated heterocycles. The second-order valence-corrected chi connectivity index (χ2v) is 6.01. The van der Waals surface area contributed by atoms with Crippen LogP contribution >= 0.6 is 31.9 Å². The maximum absolute atomic E-state index is 12.1. The number of nitrogens with zero attached hydrogens (tertiary/aromatic N) is 1. The van der Waals surface area contributed by atoms with E-state index in [4.69, 9.17) is 5.11 Å². The van der Waals surface area contributed by atoms with Crippen LogP contribution in [0.25, 0.3) is 0 Å². The molecular weight excluding hydrogens is 380 g/mol. The van der Waals surface area contributed by atoms with Crippen LogP contribution in [0.5, 0.6) is 0 Å². The van der Waals surface area contributed by atoms with Crippen molar-refractivity contribution in [2.45, 2.75) is 6.42 Å². The summed E-state index contributed by atoms with van der Waals surface area (Å²) in [7, 11) is 0. The first kappa shape index (κ1) is 14.3. The summed E-state index contributed by atoms with van der Waals surface area (Å²) in [4.78, 5) is 24.4. The fraction of sp³-hybridized carbons (Fsp3) is 0.333. The molecule has 1 aliphatic rings. The Hall–Kier alpha value is -1.08. The average molecular weight is 392 g/mol. The van der Waals surface area contributed by atoms with Gasteiger partial charge in [0.25, 0.3) is 0 Å². The van der Waals surface area contributed by atoms with Gasteiger partial charge in [0.15, 0.2) is 0 Å². The molecule has 0 radical (unpaired) electrons. The molecule has 1 atom stereocenters. The largest absolute Gasteiger partial charge is 0.481 e. The van der Waals surface area contributed by atoms with Crippen molar-refractivity contribution >= 4 is 49.5 Å². The molecule has 7 heteroatoms. The van der Waals surface area contributed by atoms with E-state index in [9.17, 15) is 9.59 Å². The van der Waals surface area contributed by atoms with Crippen LogP contribution in [0.15, 0.2) is 27.1 Å². The van der Waals surface area contributed by atoms with Crippen LogP contribution in [-0.2, 0) is 4.79 Å². The maximum atomic E-state index is 12.1. The first-order chi connectivity index (χ1) is 8.99. The SMILES string of the molecule is O=C(O)C1CCN(C(=O)Nc2c(Br)cccc2Br)C1. The number of aliphatic carboxylic acids is 1. The molecule has 1 aromatic rings. The highest BCUT2D eigenvalue weighted by molar-refractivity contribution is 9.11. The Bertz CT molecular complexity index is 501. The highest BCUT2D eigenvalue weighted by Gasteiger charge is 2.31. The van der Waals surface area contributed by atoms with E-state index in [2.05, 4.69) is 37.2 Å². The molecule has 0 spiro atoms. The van der Waals surface area contributed by atoms with Gasteiger partial charge in [0.2, 0.25) is 0 Å². The minimum Gasteiger partial charge on any atom is -0.481 e. The third-order valence-corrected chi connectivity index (χ3v) is 4.34. The van der Waals surface area contributed by atoms with Gasteiger partial charge in [-0.1, -0.05) is 6.07 Å². The Morgan fingerprint density at radius 2 is 1.95 bits per heavy atom.